The van der Waals surface area contributed by atoms with Crippen LogP contribution in [-0.2, 0) is 0 Å². The number of nitrogens with zero attached hydrogens (tertiary/aromatic N) is 1. The molecule has 3 rings (SSSR count). The number of rotatable bonds is 27. The van der Waals surface area contributed by atoms with Crippen molar-refractivity contribution in [2.75, 3.05) is 18.1 Å². The fourth-order valence-electron chi connectivity index (χ4n) is 6.19. The molecular weight excluding hydrogens is 574 g/mol. The third-order valence-electron chi connectivity index (χ3n) is 9.08. The molecule has 0 N–H and O–H groups in total. The Balaban J connectivity index is 1.43. The molecule has 0 aliphatic heterocycles. The minimum absolute atomic E-state index is 0.364. The monoisotopic (exact) mass is 637 g/mol. The number of hydrogen-bond donors (Lipinski definition) is 0. The van der Waals surface area contributed by atoms with E-state index in [0.29, 0.717) is 12.5 Å². The molecule has 0 bridgehead atoms. The molecule has 1 unspecified atom stereocenters. The molecule has 0 radical (unpaired) electrons. The average Bonchev–Trinajstić information content (AvgIpc) is 3.11. The molecule has 47 heavy (non-hydrogen) atoms. The quantitative estimate of drug-likeness (QED) is 0.0613. The van der Waals surface area contributed by atoms with Gasteiger partial charge in [-0.1, -0.05) is 128 Å². The smallest absolute Gasteiger partial charge is 0.119 e. The summed E-state index contributed by atoms with van der Waals surface area (Å²) in [6.45, 7) is 6.02. The zero-order valence-electron chi connectivity index (χ0n) is 29.8. The summed E-state index contributed by atoms with van der Waals surface area (Å²) in [7, 11) is 0. The van der Waals surface area contributed by atoms with Gasteiger partial charge in [-0.3, -0.25) is 0 Å². The SMILES string of the molecule is C#CC(CCCCCCCC)CCCOc1ccc(N(c2ccccc2)c2ccc(OCCCCCCCCCCCC)cc2)cc1. The van der Waals surface area contributed by atoms with E-state index in [1.54, 1.807) is 0 Å². The van der Waals surface area contributed by atoms with Gasteiger partial charge >= 0.3 is 0 Å². The number of para-hydroxylation sites is 1. The van der Waals surface area contributed by atoms with Gasteiger partial charge in [-0.15, -0.1) is 12.3 Å². The number of anilines is 3. The molecule has 0 aromatic heterocycles. The molecule has 0 saturated heterocycles. The van der Waals surface area contributed by atoms with E-state index in [0.717, 1.165) is 60.9 Å². The van der Waals surface area contributed by atoms with Gasteiger partial charge in [0.25, 0.3) is 0 Å². The maximum atomic E-state index is 6.12. The van der Waals surface area contributed by atoms with Gasteiger partial charge in [0.05, 0.1) is 13.2 Å². The predicted molar refractivity (Wildman–Crippen MR) is 204 cm³/mol. The van der Waals surface area contributed by atoms with Gasteiger partial charge < -0.3 is 14.4 Å². The first-order valence-corrected chi connectivity index (χ1v) is 19.0. The second-order valence-electron chi connectivity index (χ2n) is 13.1. The fourth-order valence-corrected chi connectivity index (χ4v) is 6.19. The van der Waals surface area contributed by atoms with Crippen LogP contribution >= 0.6 is 0 Å². The largest absolute Gasteiger partial charge is 0.494 e. The minimum atomic E-state index is 0.364. The molecular formula is C44H63NO2. The first kappa shape index (κ1) is 38.1. The van der Waals surface area contributed by atoms with Crippen LogP contribution in [0, 0.1) is 18.3 Å². The van der Waals surface area contributed by atoms with Gasteiger partial charge in [0.1, 0.15) is 11.5 Å². The van der Waals surface area contributed by atoms with Crippen LogP contribution in [0.15, 0.2) is 78.9 Å². The van der Waals surface area contributed by atoms with E-state index in [-0.39, 0.29) is 0 Å². The summed E-state index contributed by atoms with van der Waals surface area (Å²) in [5.74, 6) is 5.20. The Morgan fingerprint density at radius 2 is 0.894 bits per heavy atom. The Morgan fingerprint density at radius 1 is 0.489 bits per heavy atom. The van der Waals surface area contributed by atoms with E-state index in [1.807, 2.05) is 0 Å². The molecule has 3 heteroatoms. The van der Waals surface area contributed by atoms with E-state index in [2.05, 4.69) is 104 Å². The highest BCUT2D eigenvalue weighted by atomic mass is 16.5. The zero-order valence-corrected chi connectivity index (χ0v) is 29.8. The van der Waals surface area contributed by atoms with Gasteiger partial charge in [0, 0.05) is 23.0 Å². The molecule has 0 saturated carbocycles. The Hall–Kier alpha value is -3.38. The lowest BCUT2D eigenvalue weighted by molar-refractivity contribution is 0.297. The molecule has 0 aliphatic rings. The summed E-state index contributed by atoms with van der Waals surface area (Å²) in [5, 5.41) is 0. The second-order valence-corrected chi connectivity index (χ2v) is 13.1. The number of unbranched alkanes of at least 4 members (excludes halogenated alkanes) is 14. The molecule has 3 aromatic carbocycles. The Morgan fingerprint density at radius 3 is 1.38 bits per heavy atom. The van der Waals surface area contributed by atoms with Crippen molar-refractivity contribution >= 4 is 17.1 Å². The summed E-state index contributed by atoms with van der Waals surface area (Å²) in [5.41, 5.74) is 3.31. The van der Waals surface area contributed by atoms with Crippen molar-refractivity contribution in [3.8, 4) is 23.8 Å². The first-order valence-electron chi connectivity index (χ1n) is 19.0. The third kappa shape index (κ3) is 15.8. The van der Waals surface area contributed by atoms with E-state index in [1.165, 1.54) is 96.3 Å². The lowest BCUT2D eigenvalue weighted by Gasteiger charge is -2.25. The highest BCUT2D eigenvalue weighted by Gasteiger charge is 2.13. The standard InChI is InChI=1S/C44H63NO2/c1-4-7-9-11-13-14-15-16-18-23-37-46-43-33-29-41(30-34-43)45(40-27-21-19-22-28-40)42-31-35-44(36-32-42)47-38-24-26-39(6-3)25-20-17-12-10-8-5-2/h3,19,21-22,27-36,39H,4-5,7-18,20,23-26,37-38H2,1-2H3. The summed E-state index contributed by atoms with van der Waals surface area (Å²) < 4.78 is 12.2. The van der Waals surface area contributed by atoms with Crippen molar-refractivity contribution < 1.29 is 9.47 Å². The van der Waals surface area contributed by atoms with Gasteiger partial charge in [-0.2, -0.15) is 0 Å². The number of ether oxygens (including phenoxy) is 2. The highest BCUT2D eigenvalue weighted by Crippen LogP contribution is 2.36. The maximum absolute atomic E-state index is 6.12. The molecule has 3 nitrogen and oxygen atoms in total. The maximum Gasteiger partial charge on any atom is 0.119 e. The second kappa shape index (κ2) is 24.7. The molecule has 1 atom stereocenters. The van der Waals surface area contributed by atoms with Crippen LogP contribution < -0.4 is 14.4 Å². The van der Waals surface area contributed by atoms with Crippen molar-refractivity contribution in [2.24, 2.45) is 5.92 Å². The summed E-state index contributed by atoms with van der Waals surface area (Å²) >= 11 is 0. The first-order chi connectivity index (χ1) is 23.2. The van der Waals surface area contributed by atoms with Crippen molar-refractivity contribution in [1.29, 1.82) is 0 Å². The van der Waals surface area contributed by atoms with Crippen LogP contribution in [0.4, 0.5) is 17.1 Å². The average molecular weight is 638 g/mol. The van der Waals surface area contributed by atoms with Crippen LogP contribution in [0.25, 0.3) is 0 Å². The van der Waals surface area contributed by atoms with Gasteiger partial charge in [0.15, 0.2) is 0 Å². The van der Waals surface area contributed by atoms with Crippen LogP contribution in [-0.4, -0.2) is 13.2 Å². The van der Waals surface area contributed by atoms with E-state index >= 15 is 0 Å². The van der Waals surface area contributed by atoms with Gasteiger partial charge in [-0.25, -0.2) is 0 Å². The number of hydrogen-bond acceptors (Lipinski definition) is 3. The van der Waals surface area contributed by atoms with Gasteiger partial charge in [-0.05, 0) is 86.3 Å². The third-order valence-corrected chi connectivity index (χ3v) is 9.08. The lowest BCUT2D eigenvalue weighted by atomic mass is 9.96. The minimum Gasteiger partial charge on any atom is -0.494 e. The van der Waals surface area contributed by atoms with E-state index < -0.39 is 0 Å². The Bertz CT molecular complexity index is 1200. The fraction of sp³-hybridized carbons (Fsp3) is 0.545. The van der Waals surface area contributed by atoms with E-state index in [4.69, 9.17) is 15.9 Å². The summed E-state index contributed by atoms with van der Waals surface area (Å²) in [6.07, 6.45) is 30.2. The molecule has 0 heterocycles. The van der Waals surface area contributed by atoms with Crippen molar-refractivity contribution in [2.45, 2.75) is 136 Å². The zero-order chi connectivity index (χ0) is 33.2. The molecule has 0 fully saturated rings. The summed E-state index contributed by atoms with van der Waals surface area (Å²) in [4.78, 5) is 2.27. The normalized spacial score (nSPS) is 11.6. The van der Waals surface area contributed by atoms with Crippen molar-refractivity contribution in [1.82, 2.24) is 0 Å². The molecule has 0 spiro atoms. The predicted octanol–water partition coefficient (Wildman–Crippen LogP) is 13.6. The molecule has 3 aromatic rings. The Kier molecular flexibility index (Phi) is 20.0. The van der Waals surface area contributed by atoms with Crippen LogP contribution in [0.5, 0.6) is 11.5 Å². The van der Waals surface area contributed by atoms with Gasteiger partial charge in [0.2, 0.25) is 0 Å². The van der Waals surface area contributed by atoms with E-state index in [9.17, 15) is 0 Å². The highest BCUT2D eigenvalue weighted by molar-refractivity contribution is 5.76. The lowest BCUT2D eigenvalue weighted by Crippen LogP contribution is -2.10. The van der Waals surface area contributed by atoms with Crippen LogP contribution in [0.3, 0.4) is 0 Å². The summed E-state index contributed by atoms with van der Waals surface area (Å²) in [6, 6.07) is 27.4. The van der Waals surface area contributed by atoms with Crippen LogP contribution in [0.1, 0.15) is 136 Å². The molecule has 0 aliphatic carbocycles. The van der Waals surface area contributed by atoms with Crippen molar-refractivity contribution in [3.63, 3.8) is 0 Å². The Labute approximate surface area is 288 Å². The number of terminal acetylenes is 1. The molecule has 0 amide bonds. The topological polar surface area (TPSA) is 21.7 Å². The van der Waals surface area contributed by atoms with Crippen LogP contribution in [0.2, 0.25) is 0 Å². The molecule has 256 valence electrons. The number of benzene rings is 3. The van der Waals surface area contributed by atoms with Crippen molar-refractivity contribution in [3.05, 3.63) is 78.9 Å².